The van der Waals surface area contributed by atoms with Crippen molar-refractivity contribution < 1.29 is 22.7 Å². The van der Waals surface area contributed by atoms with Gasteiger partial charge in [0, 0.05) is 35.8 Å². The van der Waals surface area contributed by atoms with Crippen molar-refractivity contribution in [3.8, 4) is 0 Å². The number of rotatable bonds is 9. The number of hydrogen-bond acceptors (Lipinski definition) is 7. The standard InChI is InChI=1S/C21H26ClN3O5S3/c22-19-4-3-15(32-19)6-13-33(28,29)23-17-5-7-25(20(17)26)18(14-16-2-1-12-31-16)21(27)24-8-10-30-11-9-24/h1-4,12,17-18,23H,5-11,13-14H2/t17?,18-/m0/s1. The van der Waals surface area contributed by atoms with Crippen molar-refractivity contribution in [3.63, 3.8) is 0 Å². The van der Waals surface area contributed by atoms with E-state index in [0.717, 1.165) is 9.75 Å². The molecule has 2 aromatic rings. The Labute approximate surface area is 206 Å². The number of likely N-dealkylation sites (tertiary alicyclic amines) is 1. The van der Waals surface area contributed by atoms with Crippen LogP contribution in [-0.4, -0.2) is 80.7 Å². The van der Waals surface area contributed by atoms with E-state index in [9.17, 15) is 18.0 Å². The van der Waals surface area contributed by atoms with Gasteiger partial charge in [0.1, 0.15) is 12.1 Å². The molecule has 0 aliphatic carbocycles. The number of carbonyl (C=O) groups excluding carboxylic acids is 2. The number of nitrogens with zero attached hydrogens (tertiary/aromatic N) is 2. The third-order valence-electron chi connectivity index (χ3n) is 5.77. The molecule has 180 valence electrons. The highest BCUT2D eigenvalue weighted by molar-refractivity contribution is 7.89. The first kappa shape index (κ1) is 24.6. The predicted molar refractivity (Wildman–Crippen MR) is 129 cm³/mol. The fourth-order valence-electron chi connectivity index (χ4n) is 4.06. The first-order valence-corrected chi connectivity index (χ1v) is 14.5. The van der Waals surface area contributed by atoms with Crippen molar-refractivity contribution in [2.75, 3.05) is 38.6 Å². The molecule has 1 N–H and O–H groups in total. The van der Waals surface area contributed by atoms with Crippen LogP contribution in [0.2, 0.25) is 4.34 Å². The second kappa shape index (κ2) is 10.8. The van der Waals surface area contributed by atoms with Gasteiger partial charge in [0.05, 0.1) is 23.3 Å². The molecule has 4 heterocycles. The topological polar surface area (TPSA) is 96.0 Å². The highest BCUT2D eigenvalue weighted by atomic mass is 35.5. The molecule has 0 aromatic carbocycles. The molecule has 12 heteroatoms. The van der Waals surface area contributed by atoms with Crippen LogP contribution in [0.15, 0.2) is 29.6 Å². The van der Waals surface area contributed by atoms with E-state index in [1.165, 1.54) is 22.7 Å². The van der Waals surface area contributed by atoms with E-state index in [-0.39, 0.29) is 17.6 Å². The van der Waals surface area contributed by atoms with E-state index in [1.54, 1.807) is 21.9 Å². The number of hydrogen-bond donors (Lipinski definition) is 1. The molecule has 0 bridgehead atoms. The van der Waals surface area contributed by atoms with E-state index in [0.29, 0.717) is 56.4 Å². The second-order valence-corrected chi connectivity index (χ2v) is 12.7. The fourth-order valence-corrected chi connectivity index (χ4v) is 7.28. The number of morpholine rings is 1. The molecule has 2 amide bonds. The molecule has 2 aliphatic rings. The fraction of sp³-hybridized carbons (Fsp3) is 0.524. The average Bonchev–Trinajstić information content (AvgIpc) is 3.54. The maximum atomic E-state index is 13.3. The van der Waals surface area contributed by atoms with Crippen LogP contribution in [0.4, 0.5) is 0 Å². The molecule has 4 rings (SSSR count). The summed E-state index contributed by atoms with van der Waals surface area (Å²) in [5.41, 5.74) is 0. The lowest BCUT2D eigenvalue weighted by atomic mass is 10.1. The van der Waals surface area contributed by atoms with Crippen LogP contribution in [0.3, 0.4) is 0 Å². The molecule has 2 saturated heterocycles. The number of carbonyl (C=O) groups is 2. The van der Waals surface area contributed by atoms with Crippen molar-refractivity contribution in [2.45, 2.75) is 31.3 Å². The van der Waals surface area contributed by atoms with E-state index in [4.69, 9.17) is 16.3 Å². The molecule has 2 aromatic heterocycles. The molecular weight excluding hydrogens is 506 g/mol. The minimum atomic E-state index is -3.67. The summed E-state index contributed by atoms with van der Waals surface area (Å²) in [6.45, 7) is 2.26. The van der Waals surface area contributed by atoms with Crippen LogP contribution in [0.25, 0.3) is 0 Å². The third kappa shape index (κ3) is 6.34. The summed E-state index contributed by atoms with van der Waals surface area (Å²) < 4.78 is 33.8. The summed E-state index contributed by atoms with van der Waals surface area (Å²) in [6.07, 6.45) is 1.08. The third-order valence-corrected chi connectivity index (χ3v) is 9.34. The number of thiophene rings is 2. The summed E-state index contributed by atoms with van der Waals surface area (Å²) in [6, 6.07) is 5.89. The van der Waals surface area contributed by atoms with Gasteiger partial charge in [-0.3, -0.25) is 9.59 Å². The lowest BCUT2D eigenvalue weighted by Gasteiger charge is -2.34. The lowest BCUT2D eigenvalue weighted by Crippen LogP contribution is -2.54. The van der Waals surface area contributed by atoms with Gasteiger partial charge in [0.2, 0.25) is 21.8 Å². The van der Waals surface area contributed by atoms with Crippen molar-refractivity contribution in [3.05, 3.63) is 43.7 Å². The number of nitrogens with one attached hydrogen (secondary N) is 1. The molecular formula is C21H26ClN3O5S3. The normalized spacial score (nSPS) is 20.4. The summed E-state index contributed by atoms with van der Waals surface area (Å²) in [5.74, 6) is -0.585. The quantitative estimate of drug-likeness (QED) is 0.534. The van der Waals surface area contributed by atoms with Crippen molar-refractivity contribution in [2.24, 2.45) is 0 Å². The van der Waals surface area contributed by atoms with Crippen LogP contribution < -0.4 is 4.72 Å². The van der Waals surface area contributed by atoms with Gasteiger partial charge in [-0.05, 0) is 36.4 Å². The van der Waals surface area contributed by atoms with Crippen molar-refractivity contribution in [1.29, 1.82) is 0 Å². The van der Waals surface area contributed by atoms with Gasteiger partial charge in [0.25, 0.3) is 0 Å². The number of sulfonamides is 1. The van der Waals surface area contributed by atoms with Crippen LogP contribution >= 0.6 is 34.3 Å². The minimum Gasteiger partial charge on any atom is -0.378 e. The molecule has 1 unspecified atom stereocenters. The van der Waals surface area contributed by atoms with Crippen molar-refractivity contribution in [1.82, 2.24) is 14.5 Å². The Hall–Kier alpha value is -1.50. The highest BCUT2D eigenvalue weighted by Crippen LogP contribution is 2.24. The van der Waals surface area contributed by atoms with E-state index in [1.807, 2.05) is 17.5 Å². The Balaban J connectivity index is 1.42. The highest BCUT2D eigenvalue weighted by Gasteiger charge is 2.42. The second-order valence-electron chi connectivity index (χ2n) is 8.00. The molecule has 0 spiro atoms. The summed E-state index contributed by atoms with van der Waals surface area (Å²) in [5, 5.41) is 1.94. The molecule has 2 fully saturated rings. The van der Waals surface area contributed by atoms with Crippen LogP contribution in [0, 0.1) is 0 Å². The number of amides is 2. The molecule has 0 saturated carbocycles. The van der Waals surface area contributed by atoms with E-state index >= 15 is 0 Å². The number of ether oxygens (including phenoxy) is 1. The SMILES string of the molecule is O=C([C@H](Cc1cccs1)N1CCC(NS(=O)(=O)CCc2ccc(Cl)s2)C1=O)N1CCOCC1. The average molecular weight is 532 g/mol. The summed E-state index contributed by atoms with van der Waals surface area (Å²) >= 11 is 8.79. The molecule has 33 heavy (non-hydrogen) atoms. The van der Waals surface area contributed by atoms with Crippen molar-refractivity contribution >= 4 is 56.1 Å². The Morgan fingerprint density at radius 3 is 2.67 bits per heavy atom. The van der Waals surface area contributed by atoms with Crippen LogP contribution in [-0.2, 0) is 37.2 Å². The zero-order chi connectivity index (χ0) is 23.4. The van der Waals surface area contributed by atoms with Crippen LogP contribution in [0.1, 0.15) is 16.2 Å². The first-order chi connectivity index (χ1) is 15.8. The Bertz CT molecular complexity index is 1070. The monoisotopic (exact) mass is 531 g/mol. The van der Waals surface area contributed by atoms with Gasteiger partial charge < -0.3 is 14.5 Å². The predicted octanol–water partition coefficient (Wildman–Crippen LogP) is 2.00. The van der Waals surface area contributed by atoms with Gasteiger partial charge in [-0.2, -0.15) is 0 Å². The van der Waals surface area contributed by atoms with Crippen LogP contribution in [0.5, 0.6) is 0 Å². The van der Waals surface area contributed by atoms with E-state index < -0.39 is 22.1 Å². The Morgan fingerprint density at radius 2 is 2.00 bits per heavy atom. The number of aryl methyl sites for hydroxylation is 1. The smallest absolute Gasteiger partial charge is 0.245 e. The Kier molecular flexibility index (Phi) is 8.08. The maximum absolute atomic E-state index is 13.3. The number of halogens is 1. The minimum absolute atomic E-state index is 0.113. The molecule has 2 aliphatic heterocycles. The van der Waals surface area contributed by atoms with Gasteiger partial charge in [-0.15, -0.1) is 22.7 Å². The molecule has 8 nitrogen and oxygen atoms in total. The lowest BCUT2D eigenvalue weighted by molar-refractivity contribution is -0.146. The van der Waals surface area contributed by atoms with Gasteiger partial charge in [0.15, 0.2) is 0 Å². The first-order valence-electron chi connectivity index (χ1n) is 10.8. The van der Waals surface area contributed by atoms with Gasteiger partial charge in [-0.1, -0.05) is 17.7 Å². The molecule has 0 radical (unpaired) electrons. The van der Waals surface area contributed by atoms with E-state index in [2.05, 4.69) is 4.72 Å². The summed E-state index contributed by atoms with van der Waals surface area (Å²) in [4.78, 5) is 31.7. The zero-order valence-electron chi connectivity index (χ0n) is 17.9. The Morgan fingerprint density at radius 1 is 1.21 bits per heavy atom. The van der Waals surface area contributed by atoms with Gasteiger partial charge >= 0.3 is 0 Å². The zero-order valence-corrected chi connectivity index (χ0v) is 21.1. The largest absolute Gasteiger partial charge is 0.378 e. The van der Waals surface area contributed by atoms with Gasteiger partial charge in [-0.25, -0.2) is 13.1 Å². The molecule has 2 atom stereocenters. The maximum Gasteiger partial charge on any atom is 0.245 e. The summed E-state index contributed by atoms with van der Waals surface area (Å²) in [7, 11) is -3.67.